The molecule has 0 aliphatic carbocycles. The second-order valence-electron chi connectivity index (χ2n) is 10.7. The van der Waals surface area contributed by atoms with Gasteiger partial charge in [-0.05, 0) is 32.9 Å². The van der Waals surface area contributed by atoms with E-state index in [0.717, 1.165) is 84.0 Å². The van der Waals surface area contributed by atoms with E-state index in [-0.39, 0.29) is 5.91 Å². The largest absolute Gasteiger partial charge is 0.378 e. The summed E-state index contributed by atoms with van der Waals surface area (Å²) >= 11 is 1.78. The number of carbonyl (C=O) groups excluding carboxylic acids is 1. The van der Waals surface area contributed by atoms with E-state index < -0.39 is 5.54 Å². The summed E-state index contributed by atoms with van der Waals surface area (Å²) in [5, 5.41) is 1.08. The maximum atomic E-state index is 11.9. The molecule has 1 amide bonds. The van der Waals surface area contributed by atoms with E-state index >= 15 is 0 Å². The number of hydrogen-bond acceptors (Lipinski definition) is 9. The lowest BCUT2D eigenvalue weighted by Crippen LogP contribution is -2.59. The highest BCUT2D eigenvalue weighted by atomic mass is 32.1. The van der Waals surface area contributed by atoms with Gasteiger partial charge in [0.1, 0.15) is 0 Å². The summed E-state index contributed by atoms with van der Waals surface area (Å²) < 4.78 is 6.74. The first-order chi connectivity index (χ1) is 18.3. The summed E-state index contributed by atoms with van der Waals surface area (Å²) in [6.07, 6.45) is 3.71. The topological polar surface area (TPSA) is 116 Å². The minimum absolute atomic E-state index is 0.277. The van der Waals surface area contributed by atoms with Gasteiger partial charge in [-0.15, -0.1) is 11.3 Å². The Morgan fingerprint density at radius 2 is 1.87 bits per heavy atom. The molecule has 11 heteroatoms. The van der Waals surface area contributed by atoms with Crippen LogP contribution in [0.25, 0.3) is 32.5 Å². The number of aromatic nitrogens is 4. The molecule has 6 heterocycles. The van der Waals surface area contributed by atoms with Gasteiger partial charge < -0.3 is 20.4 Å². The van der Waals surface area contributed by atoms with Crippen LogP contribution in [0.1, 0.15) is 24.4 Å². The van der Waals surface area contributed by atoms with Crippen LogP contribution in [0.15, 0.2) is 24.5 Å². The second kappa shape index (κ2) is 9.88. The first-order valence-electron chi connectivity index (χ1n) is 13.1. The highest BCUT2D eigenvalue weighted by Gasteiger charge is 2.34. The van der Waals surface area contributed by atoms with Crippen LogP contribution in [-0.4, -0.2) is 93.7 Å². The number of fused-ring (bicyclic) bond motifs is 2. The van der Waals surface area contributed by atoms with E-state index in [2.05, 4.69) is 36.8 Å². The molecule has 0 saturated carbocycles. The number of nitrogens with two attached hydrogens (primary N) is 1. The molecule has 0 atom stereocenters. The summed E-state index contributed by atoms with van der Waals surface area (Å²) in [4.78, 5) is 38.1. The Morgan fingerprint density at radius 1 is 1.11 bits per heavy atom. The number of aromatic amines is 1. The van der Waals surface area contributed by atoms with Crippen LogP contribution in [0.4, 0.5) is 5.82 Å². The van der Waals surface area contributed by atoms with Gasteiger partial charge in [0.2, 0.25) is 5.91 Å². The van der Waals surface area contributed by atoms with E-state index in [1.807, 2.05) is 33.2 Å². The molecule has 4 aromatic rings. The third-order valence-electron chi connectivity index (χ3n) is 7.78. The van der Waals surface area contributed by atoms with Crippen LogP contribution < -0.4 is 10.6 Å². The predicted molar refractivity (Wildman–Crippen MR) is 150 cm³/mol. The highest BCUT2D eigenvalue weighted by molar-refractivity contribution is 7.19. The molecule has 200 valence electrons. The van der Waals surface area contributed by atoms with Crippen LogP contribution in [0.5, 0.6) is 0 Å². The van der Waals surface area contributed by atoms with Gasteiger partial charge in [-0.1, -0.05) is 0 Å². The van der Waals surface area contributed by atoms with E-state index in [9.17, 15) is 4.79 Å². The molecule has 0 radical (unpaired) electrons. The molecule has 4 aromatic heterocycles. The third-order valence-corrected chi connectivity index (χ3v) is 8.89. The average molecular weight is 535 g/mol. The van der Waals surface area contributed by atoms with E-state index in [1.54, 1.807) is 11.3 Å². The number of primary amides is 1. The van der Waals surface area contributed by atoms with Gasteiger partial charge in [0.15, 0.2) is 11.6 Å². The van der Waals surface area contributed by atoms with Gasteiger partial charge in [0, 0.05) is 73.5 Å². The standard InChI is InChI=1S/C27H34N8O2S/c1-17-12-19-20(14-29-15-22(19)30-17)24-31-21-13-18(38-23(21)25(32-24)34-8-10-37-11-9-34)16-33-4-6-35(7-5-33)27(2,3)26(28)36/h12-15,30H,4-11,16H2,1-3H3,(H2,28,36). The molecule has 3 N–H and O–H groups in total. The summed E-state index contributed by atoms with van der Waals surface area (Å²) in [7, 11) is 0. The number of anilines is 1. The maximum absolute atomic E-state index is 11.9. The van der Waals surface area contributed by atoms with Gasteiger partial charge in [-0.25, -0.2) is 9.97 Å². The molecule has 0 unspecified atom stereocenters. The molecule has 38 heavy (non-hydrogen) atoms. The monoisotopic (exact) mass is 534 g/mol. The van der Waals surface area contributed by atoms with Crippen molar-refractivity contribution in [2.24, 2.45) is 5.73 Å². The van der Waals surface area contributed by atoms with Crippen LogP contribution in [0, 0.1) is 6.92 Å². The summed E-state index contributed by atoms with van der Waals surface area (Å²) in [6.45, 7) is 13.1. The molecule has 2 aliphatic heterocycles. The summed E-state index contributed by atoms with van der Waals surface area (Å²) in [5.74, 6) is 1.39. The third kappa shape index (κ3) is 4.64. The zero-order chi connectivity index (χ0) is 26.4. The Kier molecular flexibility index (Phi) is 6.55. The van der Waals surface area contributed by atoms with Crippen molar-refractivity contribution in [3.8, 4) is 11.4 Å². The van der Waals surface area contributed by atoms with Crippen molar-refractivity contribution in [1.29, 1.82) is 0 Å². The Morgan fingerprint density at radius 3 is 2.61 bits per heavy atom. The Hall–Kier alpha value is -3.12. The van der Waals surface area contributed by atoms with Crippen molar-refractivity contribution in [3.63, 3.8) is 0 Å². The number of thiophene rings is 1. The van der Waals surface area contributed by atoms with Crippen molar-refractivity contribution in [1.82, 2.24) is 29.7 Å². The molecule has 0 bridgehead atoms. The first-order valence-corrected chi connectivity index (χ1v) is 14.0. The van der Waals surface area contributed by atoms with Crippen LogP contribution in [0.2, 0.25) is 0 Å². The second-order valence-corrected chi connectivity index (χ2v) is 11.8. The van der Waals surface area contributed by atoms with E-state index in [1.165, 1.54) is 4.88 Å². The molecule has 2 aliphatic rings. The number of nitrogens with zero attached hydrogens (tertiary/aromatic N) is 6. The smallest absolute Gasteiger partial charge is 0.237 e. The molecule has 6 rings (SSSR count). The molecular weight excluding hydrogens is 500 g/mol. The minimum Gasteiger partial charge on any atom is -0.378 e. The number of piperazine rings is 1. The number of carbonyl (C=O) groups is 1. The van der Waals surface area contributed by atoms with E-state index in [0.29, 0.717) is 19.0 Å². The zero-order valence-electron chi connectivity index (χ0n) is 22.2. The minimum atomic E-state index is -0.627. The number of pyridine rings is 1. The fourth-order valence-electron chi connectivity index (χ4n) is 5.36. The first kappa shape index (κ1) is 25.2. The Bertz CT molecular complexity index is 1480. The van der Waals surface area contributed by atoms with Crippen molar-refractivity contribution >= 4 is 44.2 Å². The number of hydrogen-bond donors (Lipinski definition) is 2. The molecule has 2 fully saturated rings. The van der Waals surface area contributed by atoms with Gasteiger partial charge in [0.05, 0.1) is 40.7 Å². The van der Waals surface area contributed by atoms with Gasteiger partial charge in [-0.2, -0.15) is 0 Å². The quantitative estimate of drug-likeness (QED) is 0.388. The molecular formula is C27H34N8O2S. The SMILES string of the molecule is Cc1cc2c(-c3nc(N4CCOCC4)c4sc(CN5CCN(C(C)(C)C(N)=O)CC5)cc4n3)cncc2[nH]1. The average Bonchev–Trinajstić information content (AvgIpc) is 3.50. The van der Waals surface area contributed by atoms with Crippen LogP contribution in [-0.2, 0) is 16.1 Å². The molecule has 0 aromatic carbocycles. The fourth-order valence-corrected chi connectivity index (χ4v) is 6.52. The Labute approximate surface area is 225 Å². The van der Waals surface area contributed by atoms with Crippen molar-refractivity contribution in [2.75, 3.05) is 57.4 Å². The number of rotatable bonds is 6. The van der Waals surface area contributed by atoms with Crippen molar-refractivity contribution in [3.05, 3.63) is 35.1 Å². The Balaban J connectivity index is 1.32. The van der Waals surface area contributed by atoms with Gasteiger partial charge in [0.25, 0.3) is 0 Å². The lowest BCUT2D eigenvalue weighted by atomic mass is 10.0. The van der Waals surface area contributed by atoms with E-state index in [4.69, 9.17) is 20.4 Å². The molecule has 2 saturated heterocycles. The lowest BCUT2D eigenvalue weighted by molar-refractivity contribution is -0.129. The summed E-state index contributed by atoms with van der Waals surface area (Å²) in [6, 6.07) is 4.34. The van der Waals surface area contributed by atoms with Crippen LogP contribution >= 0.6 is 11.3 Å². The van der Waals surface area contributed by atoms with Crippen molar-refractivity contribution in [2.45, 2.75) is 32.9 Å². The van der Waals surface area contributed by atoms with Crippen molar-refractivity contribution < 1.29 is 9.53 Å². The molecule has 0 spiro atoms. The number of morpholine rings is 1. The molecule has 10 nitrogen and oxygen atoms in total. The number of ether oxygens (including phenoxy) is 1. The number of aryl methyl sites for hydroxylation is 1. The van der Waals surface area contributed by atoms with Gasteiger partial charge >= 0.3 is 0 Å². The number of H-pyrrole nitrogens is 1. The number of nitrogens with one attached hydrogen (secondary N) is 1. The fraction of sp³-hybridized carbons (Fsp3) is 0.481. The predicted octanol–water partition coefficient (Wildman–Crippen LogP) is 2.76. The normalized spacial score (nSPS) is 18.0. The van der Waals surface area contributed by atoms with Crippen LogP contribution in [0.3, 0.4) is 0 Å². The highest BCUT2D eigenvalue weighted by Crippen LogP contribution is 2.36. The maximum Gasteiger partial charge on any atom is 0.237 e. The number of amides is 1. The lowest BCUT2D eigenvalue weighted by Gasteiger charge is -2.42. The van der Waals surface area contributed by atoms with Gasteiger partial charge in [-0.3, -0.25) is 19.6 Å². The summed E-state index contributed by atoms with van der Waals surface area (Å²) in [5.41, 5.74) is 8.99. The zero-order valence-corrected chi connectivity index (χ0v) is 23.0.